The highest BCUT2D eigenvalue weighted by molar-refractivity contribution is 5.70. The number of aromatic nitrogens is 4. The van der Waals surface area contributed by atoms with Crippen molar-refractivity contribution in [2.45, 2.75) is 19.9 Å². The lowest BCUT2D eigenvalue weighted by Crippen LogP contribution is -2.30. The Hall–Kier alpha value is -1.89. The van der Waals surface area contributed by atoms with Crippen LogP contribution in [0.5, 0.6) is 0 Å². The highest BCUT2D eigenvalue weighted by Crippen LogP contribution is 2.09. The first-order valence-electron chi connectivity index (χ1n) is 5.48. The van der Waals surface area contributed by atoms with Crippen LogP contribution < -0.4 is 17.0 Å². The maximum absolute atomic E-state index is 11.7. The zero-order chi connectivity index (χ0) is 12.6. The summed E-state index contributed by atoms with van der Waals surface area (Å²) in [6.07, 6.45) is 0.572. The van der Waals surface area contributed by atoms with E-state index in [1.807, 2.05) is 6.92 Å². The van der Waals surface area contributed by atoms with Crippen LogP contribution in [0.4, 0.5) is 0 Å². The Kier molecular flexibility index (Phi) is 2.84. The summed E-state index contributed by atoms with van der Waals surface area (Å²) >= 11 is 0. The zero-order valence-electron chi connectivity index (χ0n) is 9.86. The third-order valence-electron chi connectivity index (χ3n) is 2.79. The predicted molar refractivity (Wildman–Crippen MR) is 64.0 cm³/mol. The Balaban J connectivity index is 2.89. The molecule has 0 aliphatic heterocycles. The van der Waals surface area contributed by atoms with Gasteiger partial charge in [-0.3, -0.25) is 14.3 Å². The summed E-state index contributed by atoms with van der Waals surface area (Å²) in [5.74, 6) is 0.709. The Morgan fingerprint density at radius 2 is 2.12 bits per heavy atom. The number of nitrogens with two attached hydrogens (primary N) is 1. The molecule has 0 unspecified atom stereocenters. The smallest absolute Gasteiger partial charge is 0.330 e. The SMILES string of the molecule is CCn1c(=O)[nH]c(=O)c2c1nc(CCN)n2C. The van der Waals surface area contributed by atoms with Crippen molar-refractivity contribution < 1.29 is 0 Å². The van der Waals surface area contributed by atoms with Crippen LogP contribution in [0.25, 0.3) is 11.2 Å². The fourth-order valence-electron chi connectivity index (χ4n) is 1.94. The molecule has 2 heterocycles. The van der Waals surface area contributed by atoms with Crippen LogP contribution in [0.1, 0.15) is 12.7 Å². The van der Waals surface area contributed by atoms with E-state index in [0.29, 0.717) is 36.5 Å². The van der Waals surface area contributed by atoms with Crippen LogP contribution in [0.2, 0.25) is 0 Å². The van der Waals surface area contributed by atoms with Crippen molar-refractivity contribution >= 4 is 11.2 Å². The van der Waals surface area contributed by atoms with Gasteiger partial charge in [-0.25, -0.2) is 9.78 Å². The van der Waals surface area contributed by atoms with Gasteiger partial charge in [0.25, 0.3) is 5.56 Å². The van der Waals surface area contributed by atoms with E-state index in [2.05, 4.69) is 9.97 Å². The molecule has 0 aliphatic rings. The van der Waals surface area contributed by atoms with Crippen molar-refractivity contribution in [1.29, 1.82) is 0 Å². The Labute approximate surface area is 96.9 Å². The molecule has 0 saturated carbocycles. The molecule has 0 saturated heterocycles. The van der Waals surface area contributed by atoms with Crippen molar-refractivity contribution in [1.82, 2.24) is 19.1 Å². The molecule has 0 amide bonds. The molecule has 3 N–H and O–H groups in total. The molecule has 0 fully saturated rings. The van der Waals surface area contributed by atoms with Gasteiger partial charge in [0.15, 0.2) is 11.2 Å². The van der Waals surface area contributed by atoms with Gasteiger partial charge in [-0.05, 0) is 13.5 Å². The van der Waals surface area contributed by atoms with E-state index in [1.165, 1.54) is 4.57 Å². The van der Waals surface area contributed by atoms with E-state index in [-0.39, 0.29) is 0 Å². The average molecular weight is 237 g/mol. The van der Waals surface area contributed by atoms with Gasteiger partial charge in [-0.1, -0.05) is 0 Å². The number of hydrogen-bond donors (Lipinski definition) is 2. The Morgan fingerprint density at radius 3 is 2.71 bits per heavy atom. The molecular formula is C10H15N5O2. The van der Waals surface area contributed by atoms with E-state index < -0.39 is 11.2 Å². The first-order chi connectivity index (χ1) is 8.10. The monoisotopic (exact) mass is 237 g/mol. The number of aryl methyl sites for hydroxylation is 2. The van der Waals surface area contributed by atoms with E-state index in [9.17, 15) is 9.59 Å². The number of imidazole rings is 1. The quantitative estimate of drug-likeness (QED) is 0.711. The van der Waals surface area contributed by atoms with Crippen LogP contribution in [-0.2, 0) is 20.0 Å². The maximum atomic E-state index is 11.7. The summed E-state index contributed by atoms with van der Waals surface area (Å²) < 4.78 is 3.13. The third-order valence-corrected chi connectivity index (χ3v) is 2.79. The van der Waals surface area contributed by atoms with E-state index >= 15 is 0 Å². The normalized spacial score (nSPS) is 11.2. The molecule has 0 atom stereocenters. The molecule has 0 radical (unpaired) electrons. The maximum Gasteiger partial charge on any atom is 0.330 e. The summed E-state index contributed by atoms with van der Waals surface area (Å²) in [5, 5.41) is 0. The van der Waals surface area contributed by atoms with Crippen molar-refractivity contribution in [3.63, 3.8) is 0 Å². The minimum Gasteiger partial charge on any atom is -0.330 e. The van der Waals surface area contributed by atoms with Crippen molar-refractivity contribution in [2.75, 3.05) is 6.54 Å². The zero-order valence-corrected chi connectivity index (χ0v) is 9.86. The number of fused-ring (bicyclic) bond motifs is 1. The molecule has 17 heavy (non-hydrogen) atoms. The second kappa shape index (κ2) is 4.17. The van der Waals surface area contributed by atoms with Crippen molar-refractivity contribution in [3.05, 3.63) is 26.7 Å². The second-order valence-corrected chi connectivity index (χ2v) is 3.80. The lowest BCUT2D eigenvalue weighted by molar-refractivity contribution is 0.718. The highest BCUT2D eigenvalue weighted by atomic mass is 16.2. The van der Waals surface area contributed by atoms with Gasteiger partial charge in [-0.2, -0.15) is 0 Å². The van der Waals surface area contributed by atoms with Gasteiger partial charge in [0.2, 0.25) is 0 Å². The fraction of sp³-hybridized carbons (Fsp3) is 0.500. The standard InChI is InChI=1S/C10H15N5O2/c1-3-15-8-7(9(16)13-10(15)17)14(2)6(12-8)4-5-11/h3-5,11H2,1-2H3,(H,13,16,17). The first-order valence-corrected chi connectivity index (χ1v) is 5.48. The van der Waals surface area contributed by atoms with Crippen LogP contribution in [0.15, 0.2) is 9.59 Å². The Morgan fingerprint density at radius 1 is 1.41 bits per heavy atom. The van der Waals surface area contributed by atoms with Crippen LogP contribution in [-0.4, -0.2) is 25.6 Å². The number of aromatic amines is 1. The summed E-state index contributed by atoms with van der Waals surface area (Å²) in [6.45, 7) is 2.74. The van der Waals surface area contributed by atoms with Gasteiger partial charge >= 0.3 is 5.69 Å². The Bertz CT molecular complexity index is 664. The van der Waals surface area contributed by atoms with Gasteiger partial charge < -0.3 is 10.3 Å². The highest BCUT2D eigenvalue weighted by Gasteiger charge is 2.14. The molecule has 92 valence electrons. The number of H-pyrrole nitrogens is 1. The topological polar surface area (TPSA) is 98.7 Å². The van der Waals surface area contributed by atoms with Gasteiger partial charge in [0.1, 0.15) is 5.82 Å². The summed E-state index contributed by atoms with van der Waals surface area (Å²) in [6, 6.07) is 0. The molecule has 0 aliphatic carbocycles. The van der Waals surface area contributed by atoms with Gasteiger partial charge in [-0.15, -0.1) is 0 Å². The summed E-state index contributed by atoms with van der Waals surface area (Å²) in [5.41, 5.74) is 5.48. The van der Waals surface area contributed by atoms with Gasteiger partial charge in [0, 0.05) is 20.0 Å². The lowest BCUT2D eigenvalue weighted by atomic mass is 10.4. The number of hydrogen-bond acceptors (Lipinski definition) is 4. The van der Waals surface area contributed by atoms with Gasteiger partial charge in [0.05, 0.1) is 0 Å². The average Bonchev–Trinajstić information content (AvgIpc) is 2.58. The molecular weight excluding hydrogens is 222 g/mol. The largest absolute Gasteiger partial charge is 0.330 e. The molecule has 2 aromatic heterocycles. The van der Waals surface area contributed by atoms with E-state index in [1.54, 1.807) is 11.6 Å². The van der Waals surface area contributed by atoms with Crippen LogP contribution in [0, 0.1) is 0 Å². The number of nitrogens with one attached hydrogen (secondary N) is 1. The van der Waals surface area contributed by atoms with Crippen molar-refractivity contribution in [2.24, 2.45) is 12.8 Å². The fourth-order valence-corrected chi connectivity index (χ4v) is 1.94. The minimum absolute atomic E-state index is 0.409. The van der Waals surface area contributed by atoms with E-state index in [0.717, 1.165) is 0 Å². The predicted octanol–water partition coefficient (Wildman–Crippen LogP) is -1.06. The van der Waals surface area contributed by atoms with Crippen LogP contribution in [0.3, 0.4) is 0 Å². The van der Waals surface area contributed by atoms with Crippen molar-refractivity contribution in [3.8, 4) is 0 Å². The molecule has 7 nitrogen and oxygen atoms in total. The molecule has 0 bridgehead atoms. The molecule has 0 aromatic carbocycles. The molecule has 2 aromatic rings. The number of rotatable bonds is 3. The summed E-state index contributed by atoms with van der Waals surface area (Å²) in [4.78, 5) is 30.0. The number of nitrogens with zero attached hydrogens (tertiary/aromatic N) is 3. The third kappa shape index (κ3) is 1.68. The van der Waals surface area contributed by atoms with E-state index in [4.69, 9.17) is 5.73 Å². The van der Waals surface area contributed by atoms with Crippen LogP contribution >= 0.6 is 0 Å². The first kappa shape index (κ1) is 11.6. The molecule has 2 rings (SSSR count). The second-order valence-electron chi connectivity index (χ2n) is 3.80. The molecule has 7 heteroatoms. The molecule has 0 spiro atoms. The lowest BCUT2D eigenvalue weighted by Gasteiger charge is -2.01. The summed E-state index contributed by atoms with van der Waals surface area (Å²) in [7, 11) is 1.75. The minimum atomic E-state index is -0.428.